The first kappa shape index (κ1) is 26.8. The third kappa shape index (κ3) is 7.83. The van der Waals surface area contributed by atoms with Crippen LogP contribution in [-0.2, 0) is 21.4 Å². The number of unbranched alkanes of at least 4 members (excludes halogenated alkanes) is 4. The second-order valence-electron chi connectivity index (χ2n) is 8.60. The molecule has 1 aliphatic rings. The van der Waals surface area contributed by atoms with Crippen molar-refractivity contribution in [3.05, 3.63) is 65.4 Å². The van der Waals surface area contributed by atoms with Crippen LogP contribution in [0.3, 0.4) is 0 Å². The Kier molecular flexibility index (Phi) is 10.2. The quantitative estimate of drug-likeness (QED) is 0.222. The molecule has 0 bridgehead atoms. The minimum absolute atomic E-state index is 0.143. The van der Waals surface area contributed by atoms with Gasteiger partial charge in [-0.1, -0.05) is 30.7 Å². The van der Waals surface area contributed by atoms with Gasteiger partial charge in [0.25, 0.3) is 0 Å². The molecule has 8 heteroatoms. The number of rotatable bonds is 14. The number of para-hydroxylation sites is 1. The molecule has 1 N–H and O–H groups in total. The van der Waals surface area contributed by atoms with Gasteiger partial charge in [-0.05, 0) is 68.5 Å². The van der Waals surface area contributed by atoms with Gasteiger partial charge in [-0.15, -0.1) is 0 Å². The summed E-state index contributed by atoms with van der Waals surface area (Å²) in [5, 5.41) is 12.2. The Morgan fingerprint density at radius 1 is 1.17 bits per heavy atom. The predicted octanol–water partition coefficient (Wildman–Crippen LogP) is 5.01. The standard InChI is InChI=1S/C27H34N2O5S/c1-29-18-17-28-26(29)35-23-20-27(32,16-10-11-19-34-21-12-6-5-7-13-21)22(25(23)31)14-8-3-4-9-15-24(30)33-2/h5-7,12-14,17-18,20,32H,3-4,8-11,15-16,19H2,1-2H3/b22-14-. The number of allylic oxidation sites excluding steroid dienone is 2. The molecule has 2 aromatic rings. The van der Waals surface area contributed by atoms with Gasteiger partial charge in [-0.25, -0.2) is 4.98 Å². The highest BCUT2D eigenvalue weighted by molar-refractivity contribution is 8.03. The monoisotopic (exact) mass is 498 g/mol. The van der Waals surface area contributed by atoms with Crippen molar-refractivity contribution in [1.82, 2.24) is 9.55 Å². The average molecular weight is 499 g/mol. The maximum atomic E-state index is 13.2. The first-order valence-electron chi connectivity index (χ1n) is 12.0. The number of hydrogen-bond acceptors (Lipinski definition) is 7. The predicted molar refractivity (Wildman–Crippen MR) is 136 cm³/mol. The van der Waals surface area contributed by atoms with Gasteiger partial charge in [-0.3, -0.25) is 9.59 Å². The van der Waals surface area contributed by atoms with Crippen LogP contribution in [0.5, 0.6) is 5.75 Å². The second kappa shape index (κ2) is 13.3. The molecule has 0 aliphatic heterocycles. The molecular formula is C27H34N2O5S. The Hall–Kier alpha value is -2.84. The van der Waals surface area contributed by atoms with Crippen LogP contribution in [0.2, 0.25) is 0 Å². The molecule has 1 heterocycles. The highest BCUT2D eigenvalue weighted by Crippen LogP contribution is 2.41. The molecule has 1 unspecified atom stereocenters. The van der Waals surface area contributed by atoms with Gasteiger partial charge in [0.05, 0.1) is 18.6 Å². The molecule has 0 radical (unpaired) electrons. The second-order valence-corrected chi connectivity index (χ2v) is 9.61. The number of imidazole rings is 1. The number of benzene rings is 1. The molecule has 0 fully saturated rings. The summed E-state index contributed by atoms with van der Waals surface area (Å²) in [6.07, 6.45) is 12.5. The number of thioether (sulfide) groups is 1. The Morgan fingerprint density at radius 2 is 1.97 bits per heavy atom. The molecule has 0 amide bonds. The fourth-order valence-electron chi connectivity index (χ4n) is 3.93. The number of aromatic nitrogens is 2. The maximum absolute atomic E-state index is 13.2. The van der Waals surface area contributed by atoms with E-state index in [4.69, 9.17) is 4.74 Å². The van der Waals surface area contributed by atoms with E-state index in [9.17, 15) is 14.7 Å². The topological polar surface area (TPSA) is 90.7 Å². The number of ketones is 1. The van der Waals surface area contributed by atoms with Crippen LogP contribution in [0, 0.1) is 0 Å². The number of methoxy groups -OCH3 is 1. The lowest BCUT2D eigenvalue weighted by Crippen LogP contribution is -2.28. The number of ether oxygens (including phenoxy) is 2. The summed E-state index contributed by atoms with van der Waals surface area (Å²) >= 11 is 1.28. The minimum Gasteiger partial charge on any atom is -0.494 e. The largest absolute Gasteiger partial charge is 0.494 e. The average Bonchev–Trinajstić information content (AvgIpc) is 3.36. The Balaban J connectivity index is 1.60. The fourth-order valence-corrected chi connectivity index (χ4v) is 4.90. The summed E-state index contributed by atoms with van der Waals surface area (Å²) in [4.78, 5) is 29.3. The number of Topliss-reactive ketones (excluding diaryl/α,β-unsaturated/α-hetero) is 1. The van der Waals surface area contributed by atoms with Crippen LogP contribution < -0.4 is 4.74 Å². The third-order valence-electron chi connectivity index (χ3n) is 5.91. The number of esters is 1. The van der Waals surface area contributed by atoms with Gasteiger partial charge in [0, 0.05) is 31.4 Å². The van der Waals surface area contributed by atoms with Crippen molar-refractivity contribution in [2.45, 2.75) is 62.1 Å². The molecule has 0 spiro atoms. The molecule has 1 aliphatic carbocycles. The van der Waals surface area contributed by atoms with E-state index in [0.29, 0.717) is 47.9 Å². The van der Waals surface area contributed by atoms with Crippen LogP contribution in [0.15, 0.2) is 70.5 Å². The first-order valence-corrected chi connectivity index (χ1v) is 12.8. The van der Waals surface area contributed by atoms with E-state index >= 15 is 0 Å². The number of carbonyl (C=O) groups is 2. The van der Waals surface area contributed by atoms with Crippen molar-refractivity contribution in [2.24, 2.45) is 7.05 Å². The number of nitrogens with zero attached hydrogens (tertiary/aromatic N) is 2. The highest BCUT2D eigenvalue weighted by Gasteiger charge is 2.41. The summed E-state index contributed by atoms with van der Waals surface area (Å²) in [5.41, 5.74) is -0.866. The third-order valence-corrected chi connectivity index (χ3v) is 7.01. The van der Waals surface area contributed by atoms with Gasteiger partial charge < -0.3 is 19.1 Å². The number of carbonyl (C=O) groups excluding carboxylic acids is 2. The molecule has 0 saturated heterocycles. The van der Waals surface area contributed by atoms with E-state index < -0.39 is 5.60 Å². The van der Waals surface area contributed by atoms with Gasteiger partial charge in [0.2, 0.25) is 0 Å². The van der Waals surface area contributed by atoms with Crippen molar-refractivity contribution < 1.29 is 24.2 Å². The molecule has 1 atom stereocenters. The summed E-state index contributed by atoms with van der Waals surface area (Å²) in [5.74, 6) is 0.472. The summed E-state index contributed by atoms with van der Waals surface area (Å²) in [6.45, 7) is 0.547. The van der Waals surface area contributed by atoms with Crippen molar-refractivity contribution >= 4 is 23.5 Å². The fraction of sp³-hybridized carbons (Fsp3) is 0.444. The van der Waals surface area contributed by atoms with Gasteiger partial charge in [0.1, 0.15) is 11.4 Å². The van der Waals surface area contributed by atoms with E-state index in [1.54, 1.807) is 12.3 Å². The van der Waals surface area contributed by atoms with Crippen LogP contribution in [0.4, 0.5) is 0 Å². The first-order chi connectivity index (χ1) is 16.9. The number of aliphatic hydroxyl groups is 1. The maximum Gasteiger partial charge on any atom is 0.305 e. The normalized spacial score (nSPS) is 18.7. The molecule has 1 aromatic carbocycles. The molecule has 35 heavy (non-hydrogen) atoms. The Morgan fingerprint density at radius 3 is 2.69 bits per heavy atom. The van der Waals surface area contributed by atoms with Crippen molar-refractivity contribution in [1.29, 1.82) is 0 Å². The van der Waals surface area contributed by atoms with E-state index in [-0.39, 0.29) is 11.8 Å². The molecular weight excluding hydrogens is 464 g/mol. The van der Waals surface area contributed by atoms with Gasteiger partial charge in [0.15, 0.2) is 10.9 Å². The number of hydrogen-bond donors (Lipinski definition) is 1. The summed E-state index contributed by atoms with van der Waals surface area (Å²) in [6, 6.07) is 9.64. The summed E-state index contributed by atoms with van der Waals surface area (Å²) < 4.78 is 12.3. The van der Waals surface area contributed by atoms with Crippen molar-refractivity contribution in [2.75, 3.05) is 13.7 Å². The van der Waals surface area contributed by atoms with E-state index in [1.165, 1.54) is 18.9 Å². The molecule has 0 saturated carbocycles. The molecule has 7 nitrogen and oxygen atoms in total. The van der Waals surface area contributed by atoms with Crippen LogP contribution in [0.1, 0.15) is 51.4 Å². The Labute approximate surface area is 211 Å². The lowest BCUT2D eigenvalue weighted by molar-refractivity contribution is -0.140. The van der Waals surface area contributed by atoms with Crippen LogP contribution in [-0.4, -0.2) is 45.7 Å². The zero-order valence-electron chi connectivity index (χ0n) is 20.4. The molecule has 188 valence electrons. The zero-order valence-corrected chi connectivity index (χ0v) is 21.3. The van der Waals surface area contributed by atoms with E-state index in [1.807, 2.05) is 54.2 Å². The Bertz CT molecular complexity index is 1050. The van der Waals surface area contributed by atoms with Crippen LogP contribution >= 0.6 is 11.8 Å². The van der Waals surface area contributed by atoms with Gasteiger partial charge in [-0.2, -0.15) is 0 Å². The van der Waals surface area contributed by atoms with Crippen molar-refractivity contribution in [3.63, 3.8) is 0 Å². The smallest absolute Gasteiger partial charge is 0.305 e. The molecule has 1 aromatic heterocycles. The minimum atomic E-state index is -1.30. The van der Waals surface area contributed by atoms with E-state index in [0.717, 1.165) is 31.4 Å². The highest BCUT2D eigenvalue weighted by atomic mass is 32.2. The summed E-state index contributed by atoms with van der Waals surface area (Å²) in [7, 11) is 3.26. The number of aryl methyl sites for hydroxylation is 1. The zero-order chi connectivity index (χ0) is 25.1. The van der Waals surface area contributed by atoms with Gasteiger partial charge >= 0.3 is 5.97 Å². The SMILES string of the molecule is COC(=O)CCCCC/C=C1/C(=O)C(Sc2nccn2C)=CC1(O)CCCCOc1ccccc1. The lowest BCUT2D eigenvalue weighted by Gasteiger charge is -2.22. The van der Waals surface area contributed by atoms with E-state index in [2.05, 4.69) is 9.72 Å². The lowest BCUT2D eigenvalue weighted by atomic mass is 9.90. The molecule has 3 rings (SSSR count). The van der Waals surface area contributed by atoms with Crippen LogP contribution in [0.25, 0.3) is 0 Å². The van der Waals surface area contributed by atoms with Crippen molar-refractivity contribution in [3.8, 4) is 5.75 Å².